The molecule has 114 valence electrons. The molecule has 6 heteroatoms. The first-order valence-electron chi connectivity index (χ1n) is 7.25. The summed E-state index contributed by atoms with van der Waals surface area (Å²) in [5.41, 5.74) is 1.03. The Morgan fingerprint density at radius 3 is 2.90 bits per heavy atom. The summed E-state index contributed by atoms with van der Waals surface area (Å²) in [5.74, 6) is 1.98. The lowest BCUT2D eigenvalue weighted by atomic mass is 10.2. The standard InChI is InChI=1S/C15H22N4O2/c1-4-16-11(2)5-7-15-18-13(19-21-15)9-12-6-8-14(20-3)17-10-12/h6,8,10-11,16H,4-5,7,9H2,1-3H3. The minimum atomic E-state index is 0.455. The van der Waals surface area contributed by atoms with Gasteiger partial charge in [0.2, 0.25) is 11.8 Å². The van der Waals surface area contributed by atoms with E-state index in [1.54, 1.807) is 13.3 Å². The van der Waals surface area contributed by atoms with E-state index in [4.69, 9.17) is 9.26 Å². The zero-order valence-corrected chi connectivity index (χ0v) is 12.8. The highest BCUT2D eigenvalue weighted by Gasteiger charge is 2.09. The second kappa shape index (κ2) is 7.73. The van der Waals surface area contributed by atoms with E-state index in [2.05, 4.69) is 34.3 Å². The van der Waals surface area contributed by atoms with E-state index in [1.165, 1.54) is 0 Å². The molecule has 0 spiro atoms. The molecule has 1 N–H and O–H groups in total. The van der Waals surface area contributed by atoms with E-state index in [9.17, 15) is 0 Å². The van der Waals surface area contributed by atoms with Gasteiger partial charge in [-0.2, -0.15) is 4.98 Å². The lowest BCUT2D eigenvalue weighted by Gasteiger charge is -2.09. The molecule has 2 heterocycles. The summed E-state index contributed by atoms with van der Waals surface area (Å²) in [6.45, 7) is 5.23. The topological polar surface area (TPSA) is 73.1 Å². The summed E-state index contributed by atoms with van der Waals surface area (Å²) in [6, 6.07) is 4.24. The maximum atomic E-state index is 5.28. The van der Waals surface area contributed by atoms with Gasteiger partial charge in [0, 0.05) is 31.1 Å². The summed E-state index contributed by atoms with van der Waals surface area (Å²) >= 11 is 0. The average molecular weight is 290 g/mol. The molecule has 0 saturated heterocycles. The smallest absolute Gasteiger partial charge is 0.226 e. The first kappa shape index (κ1) is 15.4. The van der Waals surface area contributed by atoms with Gasteiger partial charge < -0.3 is 14.6 Å². The number of nitrogens with one attached hydrogen (secondary N) is 1. The highest BCUT2D eigenvalue weighted by molar-refractivity contribution is 5.20. The van der Waals surface area contributed by atoms with Crippen molar-refractivity contribution in [2.24, 2.45) is 0 Å². The fraction of sp³-hybridized carbons (Fsp3) is 0.533. The first-order chi connectivity index (χ1) is 10.2. The van der Waals surface area contributed by atoms with Crippen molar-refractivity contribution in [1.82, 2.24) is 20.4 Å². The van der Waals surface area contributed by atoms with Crippen LogP contribution >= 0.6 is 0 Å². The fourth-order valence-electron chi connectivity index (χ4n) is 2.07. The van der Waals surface area contributed by atoms with Gasteiger partial charge in [-0.05, 0) is 25.5 Å². The third-order valence-electron chi connectivity index (χ3n) is 3.22. The van der Waals surface area contributed by atoms with E-state index >= 15 is 0 Å². The second-order valence-corrected chi connectivity index (χ2v) is 4.99. The molecule has 0 aromatic carbocycles. The lowest BCUT2D eigenvalue weighted by molar-refractivity contribution is 0.363. The highest BCUT2D eigenvalue weighted by Crippen LogP contribution is 2.11. The third kappa shape index (κ3) is 4.82. The Kier molecular flexibility index (Phi) is 5.68. The van der Waals surface area contributed by atoms with Crippen LogP contribution in [0.3, 0.4) is 0 Å². The lowest BCUT2D eigenvalue weighted by Crippen LogP contribution is -2.25. The van der Waals surface area contributed by atoms with Crippen LogP contribution in [0.4, 0.5) is 0 Å². The fourth-order valence-corrected chi connectivity index (χ4v) is 2.07. The summed E-state index contributed by atoms with van der Waals surface area (Å²) in [7, 11) is 1.60. The minimum absolute atomic E-state index is 0.455. The van der Waals surface area contributed by atoms with Crippen LogP contribution in [0.25, 0.3) is 0 Å². The number of pyridine rings is 1. The van der Waals surface area contributed by atoms with Gasteiger partial charge in [0.05, 0.1) is 7.11 Å². The molecule has 0 amide bonds. The van der Waals surface area contributed by atoms with Gasteiger partial charge in [0.1, 0.15) is 0 Å². The molecule has 1 unspecified atom stereocenters. The number of hydrogen-bond acceptors (Lipinski definition) is 6. The predicted octanol–water partition coefficient (Wildman–Crippen LogP) is 1.99. The van der Waals surface area contributed by atoms with Crippen molar-refractivity contribution in [2.45, 2.75) is 39.2 Å². The molecule has 0 aliphatic carbocycles. The van der Waals surface area contributed by atoms with Crippen LogP contribution in [0, 0.1) is 0 Å². The highest BCUT2D eigenvalue weighted by atomic mass is 16.5. The van der Waals surface area contributed by atoms with E-state index < -0.39 is 0 Å². The molecule has 0 bridgehead atoms. The molecule has 0 fully saturated rings. The molecule has 0 aliphatic heterocycles. The van der Waals surface area contributed by atoms with Crippen molar-refractivity contribution in [3.8, 4) is 5.88 Å². The Morgan fingerprint density at radius 1 is 1.38 bits per heavy atom. The summed E-state index contributed by atoms with van der Waals surface area (Å²) in [5, 5.41) is 7.38. The van der Waals surface area contributed by atoms with Crippen molar-refractivity contribution in [2.75, 3.05) is 13.7 Å². The van der Waals surface area contributed by atoms with Crippen LogP contribution in [-0.4, -0.2) is 34.8 Å². The number of methoxy groups -OCH3 is 1. The van der Waals surface area contributed by atoms with Gasteiger partial charge in [-0.3, -0.25) is 0 Å². The van der Waals surface area contributed by atoms with Crippen LogP contribution in [0.2, 0.25) is 0 Å². The van der Waals surface area contributed by atoms with E-state index in [1.807, 2.05) is 12.1 Å². The van der Waals surface area contributed by atoms with Crippen LogP contribution in [-0.2, 0) is 12.8 Å². The van der Waals surface area contributed by atoms with Gasteiger partial charge in [-0.25, -0.2) is 4.98 Å². The van der Waals surface area contributed by atoms with Gasteiger partial charge in [0.15, 0.2) is 5.82 Å². The Hall–Kier alpha value is -1.95. The zero-order valence-electron chi connectivity index (χ0n) is 12.8. The molecule has 21 heavy (non-hydrogen) atoms. The average Bonchev–Trinajstić information content (AvgIpc) is 2.94. The number of nitrogens with zero attached hydrogens (tertiary/aromatic N) is 3. The largest absolute Gasteiger partial charge is 0.481 e. The molecule has 2 aromatic heterocycles. The van der Waals surface area contributed by atoms with E-state index in [-0.39, 0.29) is 0 Å². The Morgan fingerprint density at radius 2 is 2.24 bits per heavy atom. The number of hydrogen-bond donors (Lipinski definition) is 1. The Bertz CT molecular complexity index is 539. The van der Waals surface area contributed by atoms with Gasteiger partial charge in [-0.1, -0.05) is 18.1 Å². The number of aryl methyl sites for hydroxylation is 1. The summed E-state index contributed by atoms with van der Waals surface area (Å²) in [6.07, 6.45) is 4.16. The summed E-state index contributed by atoms with van der Waals surface area (Å²) < 4.78 is 10.3. The number of ether oxygens (including phenoxy) is 1. The zero-order chi connectivity index (χ0) is 15.1. The van der Waals surface area contributed by atoms with Crippen molar-refractivity contribution in [1.29, 1.82) is 0 Å². The Balaban J connectivity index is 1.87. The molecule has 2 rings (SSSR count). The quantitative estimate of drug-likeness (QED) is 0.801. The third-order valence-corrected chi connectivity index (χ3v) is 3.22. The molecular formula is C15H22N4O2. The summed E-state index contributed by atoms with van der Waals surface area (Å²) in [4.78, 5) is 8.58. The number of aromatic nitrogens is 3. The van der Waals surface area contributed by atoms with Gasteiger partial charge >= 0.3 is 0 Å². The van der Waals surface area contributed by atoms with Crippen molar-refractivity contribution < 1.29 is 9.26 Å². The normalized spacial score (nSPS) is 12.3. The molecule has 0 aliphatic rings. The van der Waals surface area contributed by atoms with Gasteiger partial charge in [0.25, 0.3) is 0 Å². The predicted molar refractivity (Wildman–Crippen MR) is 79.4 cm³/mol. The maximum Gasteiger partial charge on any atom is 0.226 e. The first-order valence-corrected chi connectivity index (χ1v) is 7.25. The molecule has 0 radical (unpaired) electrons. The minimum Gasteiger partial charge on any atom is -0.481 e. The number of rotatable bonds is 8. The second-order valence-electron chi connectivity index (χ2n) is 4.99. The maximum absolute atomic E-state index is 5.28. The Labute approximate surface area is 124 Å². The van der Waals surface area contributed by atoms with Crippen molar-refractivity contribution in [3.63, 3.8) is 0 Å². The molecule has 0 saturated carbocycles. The van der Waals surface area contributed by atoms with Crippen LogP contribution in [0.5, 0.6) is 5.88 Å². The van der Waals surface area contributed by atoms with Crippen molar-refractivity contribution >= 4 is 0 Å². The molecule has 2 aromatic rings. The van der Waals surface area contributed by atoms with Crippen molar-refractivity contribution in [3.05, 3.63) is 35.6 Å². The monoisotopic (exact) mass is 290 g/mol. The van der Waals surface area contributed by atoms with Crippen LogP contribution < -0.4 is 10.1 Å². The molecular weight excluding hydrogens is 268 g/mol. The SMILES string of the molecule is CCNC(C)CCc1nc(Cc2ccc(OC)nc2)no1. The molecule has 1 atom stereocenters. The van der Waals surface area contributed by atoms with Crippen LogP contribution in [0.15, 0.2) is 22.9 Å². The van der Waals surface area contributed by atoms with Gasteiger partial charge in [-0.15, -0.1) is 0 Å². The van der Waals surface area contributed by atoms with E-state index in [0.29, 0.717) is 30.1 Å². The van der Waals surface area contributed by atoms with E-state index in [0.717, 1.165) is 24.9 Å². The molecule has 6 nitrogen and oxygen atoms in total. The van der Waals surface area contributed by atoms with Crippen LogP contribution in [0.1, 0.15) is 37.5 Å².